The van der Waals surface area contributed by atoms with Gasteiger partial charge in [0.1, 0.15) is 24.3 Å². The minimum atomic E-state index is -0.700. The Morgan fingerprint density at radius 2 is 1.93 bits per heavy atom. The standard InChI is InChI=1S/C11H11FO2/c12-9-5-11(6-9)14-10-3-1-8(7-13)2-4-10/h1-4,7,9,11H,5-6H2. The molecule has 14 heavy (non-hydrogen) atoms. The summed E-state index contributed by atoms with van der Waals surface area (Å²) in [6.45, 7) is 0. The molecule has 0 spiro atoms. The monoisotopic (exact) mass is 194 g/mol. The van der Waals surface area contributed by atoms with Gasteiger partial charge in [0.15, 0.2) is 0 Å². The fourth-order valence-electron chi connectivity index (χ4n) is 1.42. The molecule has 0 atom stereocenters. The van der Waals surface area contributed by atoms with E-state index in [0.29, 0.717) is 24.2 Å². The molecule has 74 valence electrons. The fourth-order valence-corrected chi connectivity index (χ4v) is 1.42. The third-order valence-corrected chi connectivity index (χ3v) is 2.36. The van der Waals surface area contributed by atoms with Crippen molar-refractivity contribution < 1.29 is 13.9 Å². The van der Waals surface area contributed by atoms with Crippen molar-refractivity contribution >= 4 is 6.29 Å². The van der Waals surface area contributed by atoms with Crippen LogP contribution in [0.3, 0.4) is 0 Å². The van der Waals surface area contributed by atoms with Crippen LogP contribution in [0.2, 0.25) is 0 Å². The van der Waals surface area contributed by atoms with Crippen LogP contribution in [-0.4, -0.2) is 18.6 Å². The number of hydrogen-bond donors (Lipinski definition) is 0. The zero-order chi connectivity index (χ0) is 9.97. The predicted octanol–water partition coefficient (Wildman–Crippen LogP) is 2.38. The molecule has 1 saturated carbocycles. The molecule has 0 aromatic heterocycles. The smallest absolute Gasteiger partial charge is 0.150 e. The van der Waals surface area contributed by atoms with E-state index in [1.165, 1.54) is 0 Å². The lowest BCUT2D eigenvalue weighted by Crippen LogP contribution is -2.34. The topological polar surface area (TPSA) is 26.3 Å². The molecule has 0 unspecified atom stereocenters. The van der Waals surface area contributed by atoms with Crippen LogP contribution in [-0.2, 0) is 0 Å². The van der Waals surface area contributed by atoms with Gasteiger partial charge in [0, 0.05) is 18.4 Å². The summed E-state index contributed by atoms with van der Waals surface area (Å²) in [5, 5.41) is 0. The Kier molecular flexibility index (Phi) is 2.48. The van der Waals surface area contributed by atoms with Crippen LogP contribution in [0.25, 0.3) is 0 Å². The van der Waals surface area contributed by atoms with Crippen molar-refractivity contribution in [3.8, 4) is 5.75 Å². The molecule has 1 aliphatic carbocycles. The van der Waals surface area contributed by atoms with Crippen LogP contribution >= 0.6 is 0 Å². The molecule has 1 fully saturated rings. The molecular weight excluding hydrogens is 183 g/mol. The molecule has 0 heterocycles. The quantitative estimate of drug-likeness (QED) is 0.690. The summed E-state index contributed by atoms with van der Waals surface area (Å²) in [5.74, 6) is 0.701. The summed E-state index contributed by atoms with van der Waals surface area (Å²) in [5.41, 5.74) is 0.620. The summed E-state index contributed by atoms with van der Waals surface area (Å²) in [6.07, 6.45) is 1.05. The van der Waals surface area contributed by atoms with Gasteiger partial charge in [-0.25, -0.2) is 4.39 Å². The van der Waals surface area contributed by atoms with Gasteiger partial charge in [-0.3, -0.25) is 4.79 Å². The maximum Gasteiger partial charge on any atom is 0.150 e. The number of alkyl halides is 1. The minimum absolute atomic E-state index is 0.00656. The summed E-state index contributed by atoms with van der Waals surface area (Å²) in [6, 6.07) is 6.84. The average molecular weight is 194 g/mol. The van der Waals surface area contributed by atoms with E-state index in [-0.39, 0.29) is 6.10 Å². The first-order valence-corrected chi connectivity index (χ1v) is 4.64. The van der Waals surface area contributed by atoms with Gasteiger partial charge in [-0.1, -0.05) is 0 Å². The van der Waals surface area contributed by atoms with Crippen molar-refractivity contribution in [3.05, 3.63) is 29.8 Å². The molecule has 0 radical (unpaired) electrons. The molecule has 0 saturated heterocycles. The Morgan fingerprint density at radius 3 is 2.43 bits per heavy atom. The van der Waals surface area contributed by atoms with Crippen LogP contribution in [0.5, 0.6) is 5.75 Å². The van der Waals surface area contributed by atoms with Gasteiger partial charge in [0.2, 0.25) is 0 Å². The van der Waals surface area contributed by atoms with E-state index in [1.54, 1.807) is 24.3 Å². The second-order valence-electron chi connectivity index (χ2n) is 3.50. The van der Waals surface area contributed by atoms with E-state index in [9.17, 15) is 9.18 Å². The Balaban J connectivity index is 1.93. The lowest BCUT2D eigenvalue weighted by molar-refractivity contribution is 0.0410. The third-order valence-electron chi connectivity index (χ3n) is 2.36. The number of ether oxygens (including phenoxy) is 1. The Morgan fingerprint density at radius 1 is 1.29 bits per heavy atom. The highest BCUT2D eigenvalue weighted by Crippen LogP contribution is 2.27. The van der Waals surface area contributed by atoms with E-state index >= 15 is 0 Å². The van der Waals surface area contributed by atoms with Crippen molar-refractivity contribution in [2.24, 2.45) is 0 Å². The number of carbonyl (C=O) groups is 1. The van der Waals surface area contributed by atoms with Crippen LogP contribution in [0.4, 0.5) is 4.39 Å². The van der Waals surface area contributed by atoms with Crippen molar-refractivity contribution in [1.82, 2.24) is 0 Å². The maximum atomic E-state index is 12.5. The molecule has 2 nitrogen and oxygen atoms in total. The van der Waals surface area contributed by atoms with E-state index in [4.69, 9.17) is 4.74 Å². The van der Waals surface area contributed by atoms with Crippen LogP contribution in [0.15, 0.2) is 24.3 Å². The number of benzene rings is 1. The van der Waals surface area contributed by atoms with Crippen molar-refractivity contribution in [2.45, 2.75) is 25.1 Å². The molecule has 0 amide bonds. The average Bonchev–Trinajstić information content (AvgIpc) is 2.17. The van der Waals surface area contributed by atoms with Gasteiger partial charge < -0.3 is 4.74 Å². The summed E-state index contributed by atoms with van der Waals surface area (Å²) < 4.78 is 17.9. The zero-order valence-corrected chi connectivity index (χ0v) is 7.65. The van der Waals surface area contributed by atoms with Gasteiger partial charge in [0.05, 0.1) is 0 Å². The molecule has 3 heteroatoms. The number of hydrogen-bond acceptors (Lipinski definition) is 2. The highest BCUT2D eigenvalue weighted by Gasteiger charge is 2.30. The van der Waals surface area contributed by atoms with Crippen LogP contribution < -0.4 is 4.74 Å². The maximum absolute atomic E-state index is 12.5. The van der Waals surface area contributed by atoms with Crippen molar-refractivity contribution in [3.63, 3.8) is 0 Å². The Bertz CT molecular complexity index is 315. The van der Waals surface area contributed by atoms with Crippen LogP contribution in [0.1, 0.15) is 23.2 Å². The van der Waals surface area contributed by atoms with Gasteiger partial charge in [-0.2, -0.15) is 0 Å². The van der Waals surface area contributed by atoms with Crippen molar-refractivity contribution in [1.29, 1.82) is 0 Å². The first-order valence-electron chi connectivity index (χ1n) is 4.64. The van der Waals surface area contributed by atoms with Gasteiger partial charge >= 0.3 is 0 Å². The first kappa shape index (κ1) is 9.19. The molecule has 1 aliphatic rings. The normalized spacial score (nSPS) is 25.2. The second-order valence-corrected chi connectivity index (χ2v) is 3.50. The van der Waals surface area contributed by atoms with Crippen LogP contribution in [0, 0.1) is 0 Å². The van der Waals surface area contributed by atoms with E-state index in [1.807, 2.05) is 0 Å². The van der Waals surface area contributed by atoms with E-state index in [2.05, 4.69) is 0 Å². The van der Waals surface area contributed by atoms with Gasteiger partial charge in [0.25, 0.3) is 0 Å². The number of carbonyl (C=O) groups excluding carboxylic acids is 1. The second kappa shape index (κ2) is 3.78. The fraction of sp³-hybridized carbons (Fsp3) is 0.364. The summed E-state index contributed by atoms with van der Waals surface area (Å²) in [4.78, 5) is 10.4. The van der Waals surface area contributed by atoms with Crippen molar-refractivity contribution in [2.75, 3.05) is 0 Å². The number of aldehydes is 1. The largest absolute Gasteiger partial charge is 0.490 e. The van der Waals surface area contributed by atoms with E-state index in [0.717, 1.165) is 6.29 Å². The zero-order valence-electron chi connectivity index (χ0n) is 7.65. The highest BCUT2D eigenvalue weighted by molar-refractivity contribution is 5.74. The molecule has 1 aromatic carbocycles. The van der Waals surface area contributed by atoms with E-state index < -0.39 is 6.17 Å². The summed E-state index contributed by atoms with van der Waals surface area (Å²) in [7, 11) is 0. The first-order chi connectivity index (χ1) is 6.78. The molecule has 0 N–H and O–H groups in total. The highest BCUT2D eigenvalue weighted by atomic mass is 19.1. The lowest BCUT2D eigenvalue weighted by Gasteiger charge is -2.29. The summed E-state index contributed by atoms with van der Waals surface area (Å²) >= 11 is 0. The minimum Gasteiger partial charge on any atom is -0.490 e. The van der Waals surface area contributed by atoms with Gasteiger partial charge in [-0.05, 0) is 24.3 Å². The SMILES string of the molecule is O=Cc1ccc(OC2CC(F)C2)cc1. The Hall–Kier alpha value is -1.38. The molecule has 2 rings (SSSR count). The third kappa shape index (κ3) is 1.92. The molecular formula is C11H11FO2. The molecule has 1 aromatic rings. The number of halogens is 1. The molecule has 0 aliphatic heterocycles. The molecule has 0 bridgehead atoms. The predicted molar refractivity (Wildman–Crippen MR) is 50.4 cm³/mol. The van der Waals surface area contributed by atoms with Gasteiger partial charge in [-0.15, -0.1) is 0 Å². The Labute approximate surface area is 81.7 Å². The lowest BCUT2D eigenvalue weighted by atomic mass is 9.93. The number of rotatable bonds is 3.